The highest BCUT2D eigenvalue weighted by Crippen LogP contribution is 2.55. The molecule has 9 rings (SSSR count). The molecule has 0 aliphatic rings. The maximum absolute atomic E-state index is 2.35. The average Bonchev–Trinajstić information content (AvgIpc) is 3.77. The highest BCUT2D eigenvalue weighted by molar-refractivity contribution is 7.30. The van der Waals surface area contributed by atoms with E-state index in [0.29, 0.717) is 0 Å². The SMILES string of the molecule is c1csc(-c2ccc(-c3sc4cccc5c6c(-c7ccc(-c8cccs8)s7)sc7cccc(c3c45)c76)s2)c1. The molecule has 0 atom stereocenters. The van der Waals surface area contributed by atoms with E-state index in [9.17, 15) is 0 Å². The summed E-state index contributed by atoms with van der Waals surface area (Å²) in [5, 5.41) is 12.8. The topological polar surface area (TPSA) is 0 Å². The van der Waals surface area contributed by atoms with Crippen molar-refractivity contribution in [3.05, 3.63) is 95.7 Å². The zero-order valence-electron chi connectivity index (χ0n) is 19.7. The Kier molecular flexibility index (Phi) is 4.83. The summed E-state index contributed by atoms with van der Waals surface area (Å²) < 4.78 is 2.76. The second-order valence-electron chi connectivity index (χ2n) is 9.25. The first kappa shape index (κ1) is 22.0. The van der Waals surface area contributed by atoms with E-state index >= 15 is 0 Å². The summed E-state index contributed by atoms with van der Waals surface area (Å²) in [6, 6.07) is 31.8. The van der Waals surface area contributed by atoms with Crippen molar-refractivity contribution in [1.82, 2.24) is 0 Å². The van der Waals surface area contributed by atoms with Crippen LogP contribution in [0.4, 0.5) is 0 Å². The standard InChI is InChI=1S/C32H16S6/c1-5-17-27-23(7-1)37-32(26-14-12-22(36-26)20-10-4-16-34-20)30(27)18-6-2-8-24-28(18)29(17)31(38-24)25-13-11-21(35-25)19-9-3-15-33-19/h1-16H. The van der Waals surface area contributed by atoms with Crippen LogP contribution in [0.15, 0.2) is 95.7 Å². The van der Waals surface area contributed by atoms with Gasteiger partial charge in [-0.2, -0.15) is 0 Å². The first-order chi connectivity index (χ1) is 18.8. The maximum atomic E-state index is 2.35. The molecule has 0 aliphatic heterocycles. The van der Waals surface area contributed by atoms with Crippen LogP contribution in [-0.4, -0.2) is 0 Å². The fraction of sp³-hybridized carbons (Fsp3) is 0. The van der Waals surface area contributed by atoms with Crippen LogP contribution in [0.3, 0.4) is 0 Å². The summed E-state index contributed by atoms with van der Waals surface area (Å²) in [6.45, 7) is 0. The van der Waals surface area contributed by atoms with Crippen molar-refractivity contribution in [3.8, 4) is 39.0 Å². The molecule has 180 valence electrons. The predicted molar refractivity (Wildman–Crippen MR) is 177 cm³/mol. The van der Waals surface area contributed by atoms with E-state index < -0.39 is 0 Å². The molecule has 0 spiro atoms. The van der Waals surface area contributed by atoms with E-state index in [1.807, 2.05) is 68.0 Å². The average molecular weight is 593 g/mol. The molecule has 0 saturated heterocycles. The lowest BCUT2D eigenvalue weighted by Crippen LogP contribution is -1.81. The van der Waals surface area contributed by atoms with Crippen molar-refractivity contribution in [2.45, 2.75) is 0 Å². The molecule has 6 aromatic heterocycles. The Morgan fingerprint density at radius 3 is 1.26 bits per heavy atom. The molecule has 0 amide bonds. The van der Waals surface area contributed by atoms with Gasteiger partial charge in [-0.1, -0.05) is 36.4 Å². The first-order valence-corrected chi connectivity index (χ1v) is 17.3. The Balaban J connectivity index is 1.35. The van der Waals surface area contributed by atoms with Gasteiger partial charge in [-0.15, -0.1) is 68.0 Å². The Morgan fingerprint density at radius 1 is 0.342 bits per heavy atom. The Morgan fingerprint density at radius 2 is 0.816 bits per heavy atom. The summed E-state index contributed by atoms with van der Waals surface area (Å²) in [5.41, 5.74) is 0. The van der Waals surface area contributed by atoms with Gasteiger partial charge in [0.05, 0.1) is 9.75 Å². The molecular weight excluding hydrogens is 577 g/mol. The van der Waals surface area contributed by atoms with Crippen LogP contribution in [-0.2, 0) is 0 Å². The molecule has 3 aromatic carbocycles. The lowest BCUT2D eigenvalue weighted by molar-refractivity contribution is 1.89. The lowest BCUT2D eigenvalue weighted by Gasteiger charge is -2.08. The third-order valence-corrected chi connectivity index (χ3v) is 14.1. The van der Waals surface area contributed by atoms with Crippen molar-refractivity contribution < 1.29 is 0 Å². The van der Waals surface area contributed by atoms with E-state index in [-0.39, 0.29) is 0 Å². The van der Waals surface area contributed by atoms with Gasteiger partial charge in [0, 0.05) is 60.2 Å². The molecule has 9 aromatic rings. The van der Waals surface area contributed by atoms with Crippen LogP contribution in [0, 0.1) is 0 Å². The minimum absolute atomic E-state index is 1.35. The molecule has 0 bridgehead atoms. The number of hydrogen-bond acceptors (Lipinski definition) is 6. The fourth-order valence-electron chi connectivity index (χ4n) is 5.60. The van der Waals surface area contributed by atoms with Gasteiger partial charge >= 0.3 is 0 Å². The van der Waals surface area contributed by atoms with Gasteiger partial charge in [0.2, 0.25) is 0 Å². The number of thiophene rings is 6. The summed E-state index contributed by atoms with van der Waals surface area (Å²) in [5.74, 6) is 0. The molecule has 0 fully saturated rings. The smallest absolute Gasteiger partial charge is 0.0534 e. The molecule has 6 heteroatoms. The first-order valence-electron chi connectivity index (χ1n) is 12.2. The number of rotatable bonds is 4. The lowest BCUT2D eigenvalue weighted by atomic mass is 9.94. The van der Waals surface area contributed by atoms with E-state index in [2.05, 4.69) is 95.7 Å². The highest BCUT2D eigenvalue weighted by Gasteiger charge is 2.24. The summed E-state index contributed by atoms with van der Waals surface area (Å²) in [6.07, 6.45) is 0. The van der Waals surface area contributed by atoms with Crippen LogP contribution in [0.2, 0.25) is 0 Å². The zero-order chi connectivity index (χ0) is 24.8. The predicted octanol–water partition coefficient (Wildman–Crippen LogP) is 12.8. The van der Waals surface area contributed by atoms with Crippen LogP contribution >= 0.6 is 68.0 Å². The monoisotopic (exact) mass is 592 g/mol. The largest absolute Gasteiger partial charge is 0.143 e. The van der Waals surface area contributed by atoms with Crippen LogP contribution in [0.5, 0.6) is 0 Å². The van der Waals surface area contributed by atoms with Crippen LogP contribution in [0.25, 0.3) is 80.7 Å². The summed E-state index contributed by atoms with van der Waals surface area (Å²) >= 11 is 11.4. The van der Waals surface area contributed by atoms with Crippen molar-refractivity contribution in [2.24, 2.45) is 0 Å². The summed E-state index contributed by atoms with van der Waals surface area (Å²) in [4.78, 5) is 10.9. The normalized spacial score (nSPS) is 12.2. The zero-order valence-corrected chi connectivity index (χ0v) is 24.6. The second kappa shape index (κ2) is 8.33. The quantitative estimate of drug-likeness (QED) is 0.178. The van der Waals surface area contributed by atoms with Gasteiger partial charge in [-0.05, 0) is 70.1 Å². The Bertz CT molecular complexity index is 2070. The molecular formula is C32H16S6. The van der Waals surface area contributed by atoms with E-state index in [4.69, 9.17) is 0 Å². The number of hydrogen-bond donors (Lipinski definition) is 0. The minimum Gasteiger partial charge on any atom is -0.143 e. The van der Waals surface area contributed by atoms with Crippen LogP contribution in [0.1, 0.15) is 0 Å². The van der Waals surface area contributed by atoms with Gasteiger partial charge in [0.1, 0.15) is 0 Å². The van der Waals surface area contributed by atoms with Gasteiger partial charge in [0.15, 0.2) is 0 Å². The molecule has 0 nitrogen and oxygen atoms in total. The molecule has 0 aliphatic carbocycles. The van der Waals surface area contributed by atoms with E-state index in [1.165, 1.54) is 80.7 Å². The molecule has 0 N–H and O–H groups in total. The second-order valence-corrected chi connectivity index (χ2v) is 15.4. The van der Waals surface area contributed by atoms with Gasteiger partial charge in [-0.25, -0.2) is 0 Å². The van der Waals surface area contributed by atoms with E-state index in [1.54, 1.807) is 0 Å². The van der Waals surface area contributed by atoms with Crippen molar-refractivity contribution in [2.75, 3.05) is 0 Å². The van der Waals surface area contributed by atoms with Crippen molar-refractivity contribution in [3.63, 3.8) is 0 Å². The number of fused-ring (bicyclic) bond motifs is 2. The molecule has 38 heavy (non-hydrogen) atoms. The summed E-state index contributed by atoms with van der Waals surface area (Å²) in [7, 11) is 0. The maximum Gasteiger partial charge on any atom is 0.0534 e. The molecule has 0 saturated carbocycles. The van der Waals surface area contributed by atoms with Crippen molar-refractivity contribution >= 4 is 110 Å². The van der Waals surface area contributed by atoms with Gasteiger partial charge < -0.3 is 0 Å². The third kappa shape index (κ3) is 3.10. The van der Waals surface area contributed by atoms with Crippen molar-refractivity contribution in [1.29, 1.82) is 0 Å². The molecule has 6 heterocycles. The molecule has 0 radical (unpaired) electrons. The van der Waals surface area contributed by atoms with Gasteiger partial charge in [-0.3, -0.25) is 0 Å². The number of benzene rings is 3. The molecule has 0 unspecified atom stereocenters. The fourth-order valence-corrected chi connectivity index (χ4v) is 12.0. The minimum atomic E-state index is 1.35. The third-order valence-electron chi connectivity index (χ3n) is 7.16. The Hall–Kier alpha value is -2.84. The highest BCUT2D eigenvalue weighted by atomic mass is 32.1. The Labute approximate surface area is 242 Å². The van der Waals surface area contributed by atoms with Crippen LogP contribution < -0.4 is 0 Å². The van der Waals surface area contributed by atoms with Gasteiger partial charge in [0.25, 0.3) is 0 Å². The van der Waals surface area contributed by atoms with E-state index in [0.717, 1.165) is 0 Å².